The van der Waals surface area contributed by atoms with Crippen molar-refractivity contribution < 1.29 is 52.6 Å². The second-order valence-corrected chi connectivity index (χ2v) is 19.1. The number of ether oxygens (including phenoxy) is 8. The van der Waals surface area contributed by atoms with Gasteiger partial charge in [-0.1, -0.05) is 37.6 Å². The number of benzene rings is 1. The molecule has 3 aliphatic heterocycles. The van der Waals surface area contributed by atoms with Crippen LogP contribution in [0, 0.1) is 42.4 Å². The lowest BCUT2D eigenvalue weighted by molar-refractivity contribution is -0.314. The number of fused-ring (bicyclic) bond motifs is 5. The van der Waals surface area contributed by atoms with Gasteiger partial charge in [0.2, 0.25) is 0 Å². The third-order valence-electron chi connectivity index (χ3n) is 15.3. The Morgan fingerprint density at radius 1 is 0.852 bits per heavy atom. The number of carbonyl (C=O) groups excluding carboxylic acids is 2. The molecule has 342 valence electrons. The number of carbonyl (C=O) groups is 2. The monoisotopic (exact) mass is 855 g/mol. The first-order valence-electron chi connectivity index (χ1n) is 23.1. The SMILES string of the molecule is CC[C@H]1CCC[C@H](O[C@H]2CC[C@H](N(C)C)C(C)O2)[C@@H](C)C(=O)C2=C[C@H]3[C@@H]4C[C@H](O[C@@H]5OC(C)[C@H](OC)C(OC)[C@@H]5OC)C[C@H]4[C@H](Nc4ccc(C)cc4)[C@@H](O)[C@H]3[C@@H]2CC(=O)O1. The molecule has 13 heteroatoms. The van der Waals surface area contributed by atoms with Crippen molar-refractivity contribution in [3.05, 3.63) is 41.5 Å². The van der Waals surface area contributed by atoms with Crippen molar-refractivity contribution in [2.24, 2.45) is 35.5 Å². The highest BCUT2D eigenvalue weighted by atomic mass is 16.7. The molecule has 0 bridgehead atoms. The standard InChI is InChI=1S/C48H74N2O11/c1-11-30-13-12-14-38(61-40-20-19-37(50(6)7)27(4)57-40)26(3)43(52)36-23-33-32-21-31(60-48-47(56-10)46(55-9)45(54-8)28(5)58-48)22-35(32)42(49-29-17-15-25(2)16-18-29)44(53)41(33)34(36)24-39(51)59-30/h15-18,23,26-28,30-35,37-38,40-42,44-49,53H,11-14,19-22,24H2,1-10H3/t26-,27?,28?,30+,31+,32+,33+,34-,35-,37+,38+,40+,41-,42+,44+,45+,46?,47+,48+/m1/s1. The summed E-state index contributed by atoms with van der Waals surface area (Å²) in [4.78, 5) is 31.2. The Morgan fingerprint density at radius 2 is 1.56 bits per heavy atom. The summed E-state index contributed by atoms with van der Waals surface area (Å²) in [6.07, 6.45) is 3.57. The Hall–Kier alpha value is -2.46. The molecule has 2 N–H and O–H groups in total. The molecule has 2 saturated carbocycles. The number of aryl methyl sites for hydroxylation is 1. The fourth-order valence-electron chi connectivity index (χ4n) is 12.1. The number of nitrogens with one attached hydrogen (secondary N) is 1. The Balaban J connectivity index is 1.20. The minimum absolute atomic E-state index is 0.00723. The van der Waals surface area contributed by atoms with Gasteiger partial charge in [0.15, 0.2) is 18.4 Å². The fraction of sp³-hybridized carbons (Fsp3) is 0.792. The maximum Gasteiger partial charge on any atom is 0.306 e. The number of aliphatic hydroxyl groups is 1. The summed E-state index contributed by atoms with van der Waals surface area (Å²) in [6, 6.07) is 8.14. The van der Waals surface area contributed by atoms with Crippen molar-refractivity contribution in [3.8, 4) is 0 Å². The van der Waals surface area contributed by atoms with E-state index < -0.39 is 48.6 Å². The van der Waals surface area contributed by atoms with Crippen LogP contribution in [0.25, 0.3) is 0 Å². The maximum atomic E-state index is 15.1. The number of hydrogen-bond acceptors (Lipinski definition) is 13. The highest BCUT2D eigenvalue weighted by Crippen LogP contribution is 2.57. The summed E-state index contributed by atoms with van der Waals surface area (Å²) in [5.74, 6) is -1.88. The number of Topliss-reactive ketones (excluding diaryl/α,β-unsaturated/α-hetero) is 1. The minimum Gasteiger partial charge on any atom is -0.462 e. The third-order valence-corrected chi connectivity index (χ3v) is 15.3. The molecule has 13 nitrogen and oxygen atoms in total. The summed E-state index contributed by atoms with van der Waals surface area (Å²) in [5.41, 5.74) is 2.66. The van der Waals surface area contributed by atoms with Gasteiger partial charge >= 0.3 is 5.97 Å². The number of cyclic esters (lactones) is 1. The van der Waals surface area contributed by atoms with Gasteiger partial charge in [0.25, 0.3) is 0 Å². The molecule has 1 aromatic rings. The first-order valence-corrected chi connectivity index (χ1v) is 23.1. The second kappa shape index (κ2) is 20.2. The molecular weight excluding hydrogens is 781 g/mol. The van der Waals surface area contributed by atoms with E-state index in [1.54, 1.807) is 21.3 Å². The van der Waals surface area contributed by atoms with Gasteiger partial charge in [0.05, 0.1) is 43.0 Å². The number of anilines is 1. The summed E-state index contributed by atoms with van der Waals surface area (Å²) < 4.78 is 50.3. The number of nitrogens with zero attached hydrogens (tertiary/aromatic N) is 1. The molecule has 3 aliphatic carbocycles. The van der Waals surface area contributed by atoms with Crippen LogP contribution in [0.5, 0.6) is 0 Å². The number of allylic oxidation sites excluding steroid dienone is 2. The number of esters is 1. The summed E-state index contributed by atoms with van der Waals surface area (Å²) in [5, 5.41) is 16.5. The van der Waals surface area contributed by atoms with E-state index in [0.717, 1.165) is 30.5 Å². The Morgan fingerprint density at radius 3 is 2.21 bits per heavy atom. The lowest BCUT2D eigenvalue weighted by atomic mass is 9.62. The van der Waals surface area contributed by atoms with Gasteiger partial charge in [-0.3, -0.25) is 9.59 Å². The molecule has 0 aromatic heterocycles. The zero-order valence-corrected chi connectivity index (χ0v) is 38.2. The molecule has 1 aromatic carbocycles. The van der Waals surface area contributed by atoms with Gasteiger partial charge in [-0.05, 0) is 122 Å². The van der Waals surface area contributed by atoms with E-state index in [-0.39, 0.29) is 78.6 Å². The van der Waals surface area contributed by atoms with Crippen LogP contribution in [0.2, 0.25) is 0 Å². The Labute approximate surface area is 363 Å². The molecule has 3 heterocycles. The van der Waals surface area contributed by atoms with Crippen LogP contribution in [0.1, 0.15) is 91.0 Å². The zero-order chi connectivity index (χ0) is 43.7. The van der Waals surface area contributed by atoms with Crippen molar-refractivity contribution in [2.45, 2.75) is 172 Å². The second-order valence-electron chi connectivity index (χ2n) is 19.1. The van der Waals surface area contributed by atoms with E-state index in [4.69, 9.17) is 37.9 Å². The number of likely N-dealkylation sites (N-methyl/N-ethyl adjacent to an activating group) is 1. The van der Waals surface area contributed by atoms with Gasteiger partial charge in [-0.15, -0.1) is 0 Å². The highest BCUT2D eigenvalue weighted by molar-refractivity contribution is 5.99. The van der Waals surface area contributed by atoms with E-state index in [1.807, 2.05) is 32.9 Å². The fourth-order valence-corrected chi connectivity index (χ4v) is 12.1. The Bertz CT molecular complexity index is 1660. The average Bonchev–Trinajstić information content (AvgIpc) is 3.82. The van der Waals surface area contributed by atoms with Crippen LogP contribution in [0.3, 0.4) is 0 Å². The lowest BCUT2D eigenvalue weighted by Gasteiger charge is -2.47. The molecule has 0 spiro atoms. The van der Waals surface area contributed by atoms with Crippen molar-refractivity contribution in [1.29, 1.82) is 0 Å². The van der Waals surface area contributed by atoms with E-state index in [0.29, 0.717) is 43.7 Å². The molecule has 5 fully saturated rings. The molecule has 6 aliphatic rings. The van der Waals surface area contributed by atoms with Crippen molar-refractivity contribution in [3.63, 3.8) is 0 Å². The first kappa shape index (κ1) is 46.5. The van der Waals surface area contributed by atoms with Crippen LogP contribution >= 0.6 is 0 Å². The summed E-state index contributed by atoms with van der Waals surface area (Å²) >= 11 is 0. The van der Waals surface area contributed by atoms with Crippen LogP contribution in [-0.2, 0) is 47.5 Å². The average molecular weight is 855 g/mol. The van der Waals surface area contributed by atoms with Gasteiger partial charge in [0, 0.05) is 50.8 Å². The summed E-state index contributed by atoms with van der Waals surface area (Å²) in [6.45, 7) is 10.1. The number of ketones is 1. The lowest BCUT2D eigenvalue weighted by Crippen LogP contribution is -2.59. The predicted molar refractivity (Wildman–Crippen MR) is 230 cm³/mol. The minimum atomic E-state index is -0.873. The van der Waals surface area contributed by atoms with Crippen molar-refractivity contribution in [2.75, 3.05) is 40.7 Å². The molecule has 19 atom stereocenters. The maximum absolute atomic E-state index is 15.1. The predicted octanol–water partition coefficient (Wildman–Crippen LogP) is 6.08. The van der Waals surface area contributed by atoms with Gasteiger partial charge in [-0.2, -0.15) is 0 Å². The molecule has 7 rings (SSSR count). The molecule has 61 heavy (non-hydrogen) atoms. The summed E-state index contributed by atoms with van der Waals surface area (Å²) in [7, 11) is 9.08. The number of hydrogen-bond donors (Lipinski definition) is 2. The first-order chi connectivity index (χ1) is 29.3. The molecule has 0 amide bonds. The highest BCUT2D eigenvalue weighted by Gasteiger charge is 2.60. The van der Waals surface area contributed by atoms with E-state index in [2.05, 4.69) is 56.4 Å². The van der Waals surface area contributed by atoms with Crippen molar-refractivity contribution >= 4 is 17.4 Å². The molecule has 3 saturated heterocycles. The third kappa shape index (κ3) is 9.81. The van der Waals surface area contributed by atoms with E-state index in [9.17, 15) is 9.90 Å². The number of methoxy groups -OCH3 is 3. The molecule has 3 unspecified atom stereocenters. The molecule has 0 radical (unpaired) electrons. The van der Waals surface area contributed by atoms with Crippen LogP contribution in [0.15, 0.2) is 35.9 Å². The number of rotatable bonds is 11. The number of aliphatic hydroxyl groups excluding tert-OH is 1. The largest absolute Gasteiger partial charge is 0.462 e. The van der Waals surface area contributed by atoms with E-state index >= 15 is 4.79 Å². The van der Waals surface area contributed by atoms with E-state index in [1.165, 1.54) is 0 Å². The topological polar surface area (TPSA) is 143 Å². The van der Waals surface area contributed by atoms with Crippen LogP contribution < -0.4 is 5.32 Å². The van der Waals surface area contributed by atoms with Gasteiger partial charge in [-0.25, -0.2) is 0 Å². The smallest absolute Gasteiger partial charge is 0.306 e. The van der Waals surface area contributed by atoms with Gasteiger partial charge < -0.3 is 53.2 Å². The Kier molecular flexibility index (Phi) is 15.4. The normalized spacial score (nSPS) is 43.3. The molecular formula is C48H74N2O11. The van der Waals surface area contributed by atoms with Crippen LogP contribution in [-0.4, -0.2) is 137 Å². The zero-order valence-electron chi connectivity index (χ0n) is 38.2. The quantitative estimate of drug-likeness (QED) is 0.249. The van der Waals surface area contributed by atoms with Crippen molar-refractivity contribution in [1.82, 2.24) is 4.90 Å². The van der Waals surface area contributed by atoms with Gasteiger partial charge in [0.1, 0.15) is 24.4 Å². The van der Waals surface area contributed by atoms with Crippen LogP contribution in [0.4, 0.5) is 5.69 Å².